The Morgan fingerprint density at radius 3 is 2.24 bits per heavy atom. The number of hydrogen-bond acceptors (Lipinski definition) is 2. The molecule has 90 valence electrons. The fourth-order valence-electron chi connectivity index (χ4n) is 1.07. The number of alkyl halides is 3. The maximum absolute atomic E-state index is 11.4. The molecular weight excluding hydrogens is 282 g/mol. The molecule has 0 spiro atoms. The van der Waals surface area contributed by atoms with Crippen LogP contribution in [0.25, 0.3) is 6.08 Å². The Hall–Kier alpha value is -0.830. The van der Waals surface area contributed by atoms with E-state index < -0.39 is 21.8 Å². The number of carbonyl (C=O) groups is 2. The number of rotatable bonds is 4. The summed E-state index contributed by atoms with van der Waals surface area (Å²) >= 11 is 16.0. The van der Waals surface area contributed by atoms with E-state index in [0.29, 0.717) is 0 Å². The third-order valence-corrected chi connectivity index (χ3v) is 2.54. The fourth-order valence-corrected chi connectivity index (χ4v) is 1.27. The van der Waals surface area contributed by atoms with Gasteiger partial charge < -0.3 is 0 Å². The van der Waals surface area contributed by atoms with Gasteiger partial charge in [0, 0.05) is 0 Å². The lowest BCUT2D eigenvalue weighted by atomic mass is 10.1. The molecule has 5 heteroatoms. The summed E-state index contributed by atoms with van der Waals surface area (Å²) in [6, 6.07) is 9.22. The molecule has 0 saturated heterocycles. The van der Waals surface area contributed by atoms with Crippen molar-refractivity contribution in [3.8, 4) is 0 Å². The second-order valence-corrected chi connectivity index (χ2v) is 5.59. The summed E-state index contributed by atoms with van der Waals surface area (Å²) in [6.45, 7) is 0. The minimum atomic E-state index is -2.03. The van der Waals surface area contributed by atoms with Crippen LogP contribution in [-0.4, -0.2) is 15.4 Å². The fraction of sp³-hybridized carbons (Fsp3) is 0.167. The van der Waals surface area contributed by atoms with Crippen molar-refractivity contribution in [2.45, 2.75) is 10.2 Å². The van der Waals surface area contributed by atoms with E-state index in [2.05, 4.69) is 0 Å². The summed E-state index contributed by atoms with van der Waals surface area (Å²) in [5, 5.41) is 0. The molecule has 0 atom stereocenters. The van der Waals surface area contributed by atoms with Crippen molar-refractivity contribution in [2.24, 2.45) is 0 Å². The highest BCUT2D eigenvalue weighted by Gasteiger charge is 2.31. The topological polar surface area (TPSA) is 34.1 Å². The monoisotopic (exact) mass is 290 g/mol. The molecular formula is C12H9Cl3O2. The normalized spacial score (nSPS) is 11.7. The molecule has 1 rings (SSSR count). The minimum absolute atomic E-state index is 0.398. The zero-order valence-electron chi connectivity index (χ0n) is 8.70. The van der Waals surface area contributed by atoms with Crippen molar-refractivity contribution >= 4 is 52.4 Å². The van der Waals surface area contributed by atoms with Crippen LogP contribution in [-0.2, 0) is 9.59 Å². The van der Waals surface area contributed by atoms with Crippen LogP contribution in [0.2, 0.25) is 0 Å². The number of carbonyl (C=O) groups excluding carboxylic acids is 2. The standard InChI is InChI=1S/C12H9Cl3O2/c13-12(14,15)11(17)8-10(16)7-6-9-4-2-1-3-5-9/h1-7H,8H2. The maximum Gasteiger partial charge on any atom is 0.249 e. The van der Waals surface area contributed by atoms with Gasteiger partial charge in [0.15, 0.2) is 11.6 Å². The van der Waals surface area contributed by atoms with Crippen LogP contribution >= 0.6 is 34.8 Å². The van der Waals surface area contributed by atoms with E-state index >= 15 is 0 Å². The average molecular weight is 292 g/mol. The van der Waals surface area contributed by atoms with Crippen LogP contribution < -0.4 is 0 Å². The number of allylic oxidation sites excluding steroid dienone is 1. The molecule has 0 bridgehead atoms. The Bertz CT molecular complexity index is 433. The molecule has 0 aliphatic rings. The molecule has 17 heavy (non-hydrogen) atoms. The predicted octanol–water partition coefficient (Wildman–Crippen LogP) is 3.60. The van der Waals surface area contributed by atoms with Gasteiger partial charge in [-0.2, -0.15) is 0 Å². The van der Waals surface area contributed by atoms with Crippen molar-refractivity contribution in [1.82, 2.24) is 0 Å². The lowest BCUT2D eigenvalue weighted by Crippen LogP contribution is -2.21. The number of halogens is 3. The first kappa shape index (κ1) is 14.2. The van der Waals surface area contributed by atoms with Gasteiger partial charge in [0.25, 0.3) is 0 Å². The van der Waals surface area contributed by atoms with Gasteiger partial charge in [0.2, 0.25) is 3.79 Å². The van der Waals surface area contributed by atoms with E-state index in [1.807, 2.05) is 30.3 Å². The molecule has 0 aliphatic heterocycles. The summed E-state index contributed by atoms with van der Waals surface area (Å²) in [7, 11) is 0. The highest BCUT2D eigenvalue weighted by molar-refractivity contribution is 6.76. The van der Waals surface area contributed by atoms with Crippen LogP contribution in [0.4, 0.5) is 0 Å². The van der Waals surface area contributed by atoms with Crippen molar-refractivity contribution < 1.29 is 9.59 Å². The molecule has 0 aromatic heterocycles. The molecule has 1 aromatic rings. The van der Waals surface area contributed by atoms with Gasteiger partial charge in [0.1, 0.15) is 0 Å². The lowest BCUT2D eigenvalue weighted by molar-refractivity contribution is -0.124. The van der Waals surface area contributed by atoms with E-state index in [1.165, 1.54) is 6.08 Å². The SMILES string of the molecule is O=C(C=Cc1ccccc1)CC(=O)C(Cl)(Cl)Cl. The van der Waals surface area contributed by atoms with Gasteiger partial charge in [-0.15, -0.1) is 0 Å². The van der Waals surface area contributed by atoms with Crippen LogP contribution in [0.3, 0.4) is 0 Å². The molecule has 0 fully saturated rings. The molecule has 0 saturated carbocycles. The molecule has 2 nitrogen and oxygen atoms in total. The quantitative estimate of drug-likeness (QED) is 0.482. The van der Waals surface area contributed by atoms with Gasteiger partial charge in [-0.3, -0.25) is 9.59 Å². The van der Waals surface area contributed by atoms with E-state index in [0.717, 1.165) is 5.56 Å². The highest BCUT2D eigenvalue weighted by Crippen LogP contribution is 2.28. The summed E-state index contributed by atoms with van der Waals surface area (Å²) in [6.07, 6.45) is 2.48. The van der Waals surface area contributed by atoms with Crippen molar-refractivity contribution in [3.05, 3.63) is 42.0 Å². The predicted molar refractivity (Wildman–Crippen MR) is 70.4 cm³/mol. The van der Waals surface area contributed by atoms with E-state index in [1.54, 1.807) is 6.08 Å². The third-order valence-electron chi connectivity index (χ3n) is 1.91. The molecule has 0 amide bonds. The van der Waals surface area contributed by atoms with Gasteiger partial charge in [-0.25, -0.2) is 0 Å². The van der Waals surface area contributed by atoms with E-state index in [9.17, 15) is 9.59 Å². The summed E-state index contributed by atoms with van der Waals surface area (Å²) in [5.41, 5.74) is 0.863. The first-order valence-corrected chi connectivity index (χ1v) is 5.89. The highest BCUT2D eigenvalue weighted by atomic mass is 35.6. The lowest BCUT2D eigenvalue weighted by Gasteiger charge is -2.06. The number of hydrogen-bond donors (Lipinski definition) is 0. The Morgan fingerprint density at radius 2 is 1.71 bits per heavy atom. The Labute approximate surface area is 114 Å². The van der Waals surface area contributed by atoms with E-state index in [-0.39, 0.29) is 0 Å². The van der Waals surface area contributed by atoms with Gasteiger partial charge >= 0.3 is 0 Å². The van der Waals surface area contributed by atoms with Crippen molar-refractivity contribution in [3.63, 3.8) is 0 Å². The van der Waals surface area contributed by atoms with Crippen molar-refractivity contribution in [1.29, 1.82) is 0 Å². The number of benzene rings is 1. The minimum Gasteiger partial charge on any atom is -0.294 e. The number of Topliss-reactive ketones (excluding diaryl/α,β-unsaturated/α-hetero) is 1. The van der Waals surface area contributed by atoms with Gasteiger partial charge in [0.05, 0.1) is 6.42 Å². The zero-order chi connectivity index (χ0) is 12.9. The van der Waals surface area contributed by atoms with Crippen LogP contribution in [0.5, 0.6) is 0 Å². The molecule has 0 aliphatic carbocycles. The van der Waals surface area contributed by atoms with Crippen LogP contribution in [0.1, 0.15) is 12.0 Å². The van der Waals surface area contributed by atoms with Crippen molar-refractivity contribution in [2.75, 3.05) is 0 Å². The van der Waals surface area contributed by atoms with Crippen LogP contribution in [0, 0.1) is 0 Å². The largest absolute Gasteiger partial charge is 0.294 e. The average Bonchev–Trinajstić information content (AvgIpc) is 2.26. The van der Waals surface area contributed by atoms with Gasteiger partial charge in [-0.1, -0.05) is 71.2 Å². The summed E-state index contributed by atoms with van der Waals surface area (Å²) in [5.74, 6) is -1.13. The Morgan fingerprint density at radius 1 is 1.12 bits per heavy atom. The number of ketones is 2. The summed E-state index contributed by atoms with van der Waals surface area (Å²) < 4.78 is -2.03. The molecule has 0 unspecified atom stereocenters. The zero-order valence-corrected chi connectivity index (χ0v) is 11.0. The maximum atomic E-state index is 11.4. The molecule has 0 heterocycles. The Balaban J connectivity index is 2.57. The second-order valence-electron chi connectivity index (χ2n) is 3.31. The molecule has 1 aromatic carbocycles. The van der Waals surface area contributed by atoms with Crippen LogP contribution in [0.15, 0.2) is 36.4 Å². The first-order chi connectivity index (χ1) is 7.89. The molecule has 0 radical (unpaired) electrons. The van der Waals surface area contributed by atoms with E-state index in [4.69, 9.17) is 34.8 Å². The second kappa shape index (κ2) is 6.20. The smallest absolute Gasteiger partial charge is 0.249 e. The summed E-state index contributed by atoms with van der Waals surface area (Å²) in [4.78, 5) is 22.6. The first-order valence-electron chi connectivity index (χ1n) is 4.75. The molecule has 0 N–H and O–H groups in total. The Kier molecular flexibility index (Phi) is 5.19. The van der Waals surface area contributed by atoms with Gasteiger partial charge in [-0.05, 0) is 11.6 Å². The third kappa shape index (κ3) is 5.35.